The van der Waals surface area contributed by atoms with E-state index >= 15 is 0 Å². The van der Waals surface area contributed by atoms with E-state index < -0.39 is 67.4 Å². The molecule has 9 atom stereocenters. The van der Waals surface area contributed by atoms with Crippen LogP contribution in [-0.2, 0) is 9.47 Å². The van der Waals surface area contributed by atoms with Gasteiger partial charge in [0.1, 0.15) is 24.4 Å². The van der Waals surface area contributed by atoms with Crippen LogP contribution in [0.4, 0.5) is 8.78 Å². The molecule has 0 bridgehead atoms. The third-order valence-electron chi connectivity index (χ3n) is 4.40. The summed E-state index contributed by atoms with van der Waals surface area (Å²) in [5, 5.41) is 29.5. The number of aliphatic hydroxyl groups is 3. The van der Waals surface area contributed by atoms with Gasteiger partial charge < -0.3 is 47.7 Å². The molecular weight excluding hydrogens is 318 g/mol. The fourth-order valence-electron chi connectivity index (χ4n) is 2.90. The molecule has 1 aliphatic heterocycles. The molecule has 11 heteroatoms. The molecule has 0 amide bonds. The van der Waals surface area contributed by atoms with Crippen LogP contribution in [0.15, 0.2) is 0 Å². The minimum absolute atomic E-state index is 0.143. The van der Waals surface area contributed by atoms with Gasteiger partial charge in [0, 0.05) is 18.6 Å². The van der Waals surface area contributed by atoms with Gasteiger partial charge in [0.15, 0.2) is 6.29 Å². The van der Waals surface area contributed by atoms with E-state index in [0.29, 0.717) is 0 Å². The summed E-state index contributed by atoms with van der Waals surface area (Å²) in [6, 6.07) is -3.09. The molecule has 1 heterocycles. The molecule has 1 saturated heterocycles. The molecule has 11 N–H and O–H groups in total. The largest absolute Gasteiger partial charge is 0.389 e. The van der Waals surface area contributed by atoms with Crippen LogP contribution in [0, 0.1) is 0 Å². The monoisotopic (exact) mass is 342 g/mol. The van der Waals surface area contributed by atoms with E-state index in [1.54, 1.807) is 0 Å². The second-order valence-corrected chi connectivity index (χ2v) is 6.07. The van der Waals surface area contributed by atoms with Crippen molar-refractivity contribution >= 4 is 0 Å². The minimum atomic E-state index is -3.64. The van der Waals surface area contributed by atoms with E-state index in [4.69, 9.17) is 32.4 Å². The third-order valence-corrected chi connectivity index (χ3v) is 4.40. The van der Waals surface area contributed by atoms with E-state index in [-0.39, 0.29) is 6.42 Å². The van der Waals surface area contributed by atoms with Crippen molar-refractivity contribution in [3.63, 3.8) is 0 Å². The molecule has 9 nitrogen and oxygen atoms in total. The first-order valence-electron chi connectivity index (χ1n) is 7.31. The van der Waals surface area contributed by atoms with Gasteiger partial charge in [0.2, 0.25) is 0 Å². The first kappa shape index (κ1) is 18.8. The quantitative estimate of drug-likeness (QED) is 0.270. The molecule has 1 aliphatic carbocycles. The maximum atomic E-state index is 13.8. The number of hydrogen-bond donors (Lipinski definition) is 7. The predicted molar refractivity (Wildman–Crippen MR) is 74.1 cm³/mol. The lowest BCUT2D eigenvalue weighted by molar-refractivity contribution is -0.325. The topological polar surface area (TPSA) is 183 Å². The molecule has 23 heavy (non-hydrogen) atoms. The predicted octanol–water partition coefficient (Wildman–Crippen LogP) is -3.84. The number of hydrogen-bond acceptors (Lipinski definition) is 9. The molecule has 136 valence electrons. The summed E-state index contributed by atoms with van der Waals surface area (Å²) >= 11 is 0. The molecule has 0 aromatic carbocycles. The molecule has 2 aliphatic rings. The minimum Gasteiger partial charge on any atom is -0.389 e. The van der Waals surface area contributed by atoms with Crippen molar-refractivity contribution < 1.29 is 33.6 Å². The van der Waals surface area contributed by atoms with Crippen molar-refractivity contribution in [3.8, 4) is 0 Å². The van der Waals surface area contributed by atoms with Crippen molar-refractivity contribution in [2.45, 2.75) is 67.3 Å². The molecule has 0 aromatic heterocycles. The Labute approximate surface area is 131 Å². The lowest BCUT2D eigenvalue weighted by Crippen LogP contribution is -2.69. The zero-order chi connectivity index (χ0) is 17.5. The fourth-order valence-corrected chi connectivity index (χ4v) is 2.90. The zero-order valence-corrected chi connectivity index (χ0v) is 12.3. The van der Waals surface area contributed by atoms with Gasteiger partial charge in [-0.3, -0.25) is 0 Å². The van der Waals surface area contributed by atoms with Crippen LogP contribution < -0.4 is 22.9 Å². The number of nitrogens with two attached hydrogens (primary N) is 4. The molecule has 2 fully saturated rings. The summed E-state index contributed by atoms with van der Waals surface area (Å²) in [5.74, 6) is -3.64. The Morgan fingerprint density at radius 1 is 1.09 bits per heavy atom. The normalized spacial score (nSPS) is 50.7. The van der Waals surface area contributed by atoms with Crippen LogP contribution in [0.1, 0.15) is 6.42 Å². The highest BCUT2D eigenvalue weighted by Crippen LogP contribution is 2.35. The number of halogens is 2. The Kier molecular flexibility index (Phi) is 5.55. The summed E-state index contributed by atoms with van der Waals surface area (Å²) in [6.45, 7) is -0.566. The average Bonchev–Trinajstić information content (AvgIpc) is 2.49. The molecule has 0 radical (unpaired) electrons. The first-order valence-corrected chi connectivity index (χ1v) is 7.31. The van der Waals surface area contributed by atoms with Crippen LogP contribution >= 0.6 is 0 Å². The van der Waals surface area contributed by atoms with Crippen molar-refractivity contribution in [2.75, 3.05) is 6.54 Å². The Balaban J connectivity index is 2.12. The van der Waals surface area contributed by atoms with Crippen molar-refractivity contribution in [3.05, 3.63) is 0 Å². The van der Waals surface area contributed by atoms with Gasteiger partial charge in [0.25, 0.3) is 0 Å². The highest BCUT2D eigenvalue weighted by molar-refractivity contribution is 5.01. The Hall–Kier alpha value is -0.500. The van der Waals surface area contributed by atoms with Crippen molar-refractivity contribution in [2.24, 2.45) is 22.9 Å². The standard InChI is InChI=1S/C12H24F2N4O5/c13-12(14)5(2-15)22-11(6(18)10(12)21)23-9-4(17)1-3(16)7(19)8(9)20/h3-11,19-21H,1-2,15-18H2/t3-,4+,5-,6-,7+,8-,9-,10-,11-/m1/s1. The SMILES string of the molecule is NC[C@H]1O[C@H](O[C@H]2[C@H](O)[C@@H](O)[C@H](N)C[C@@H]2N)[C@H](N)[C@@H](O)C1(F)F. The van der Waals surface area contributed by atoms with Crippen LogP contribution in [0.25, 0.3) is 0 Å². The van der Waals surface area contributed by atoms with Crippen molar-refractivity contribution in [1.82, 2.24) is 0 Å². The highest BCUT2D eigenvalue weighted by Gasteiger charge is 2.57. The second kappa shape index (κ2) is 6.78. The summed E-state index contributed by atoms with van der Waals surface area (Å²) in [5.41, 5.74) is 22.2. The summed E-state index contributed by atoms with van der Waals surface area (Å²) in [7, 11) is 0. The summed E-state index contributed by atoms with van der Waals surface area (Å²) < 4.78 is 38.1. The van der Waals surface area contributed by atoms with Gasteiger partial charge >= 0.3 is 5.92 Å². The number of alkyl halides is 2. The number of rotatable bonds is 3. The fraction of sp³-hybridized carbons (Fsp3) is 1.00. The number of aliphatic hydroxyl groups excluding tert-OH is 3. The molecule has 1 saturated carbocycles. The van der Waals surface area contributed by atoms with Gasteiger partial charge in [-0.15, -0.1) is 0 Å². The lowest BCUT2D eigenvalue weighted by Gasteiger charge is -2.46. The second-order valence-electron chi connectivity index (χ2n) is 6.07. The third kappa shape index (κ3) is 3.34. The summed E-state index contributed by atoms with van der Waals surface area (Å²) in [4.78, 5) is 0. The average molecular weight is 342 g/mol. The Morgan fingerprint density at radius 2 is 1.70 bits per heavy atom. The van der Waals surface area contributed by atoms with E-state index in [9.17, 15) is 24.1 Å². The molecular formula is C12H24F2N4O5. The van der Waals surface area contributed by atoms with E-state index in [1.165, 1.54) is 0 Å². The van der Waals surface area contributed by atoms with Gasteiger partial charge in [0.05, 0.1) is 12.1 Å². The highest BCUT2D eigenvalue weighted by atomic mass is 19.3. The van der Waals surface area contributed by atoms with Crippen LogP contribution in [0.3, 0.4) is 0 Å². The van der Waals surface area contributed by atoms with Crippen LogP contribution in [0.2, 0.25) is 0 Å². The maximum Gasteiger partial charge on any atom is 0.302 e. The Morgan fingerprint density at radius 3 is 2.26 bits per heavy atom. The summed E-state index contributed by atoms with van der Waals surface area (Å²) in [6.07, 6.45) is -9.24. The molecule has 0 aromatic rings. The maximum absolute atomic E-state index is 13.8. The van der Waals surface area contributed by atoms with Crippen LogP contribution in [0.5, 0.6) is 0 Å². The zero-order valence-electron chi connectivity index (χ0n) is 12.3. The van der Waals surface area contributed by atoms with Gasteiger partial charge in [-0.05, 0) is 6.42 Å². The smallest absolute Gasteiger partial charge is 0.302 e. The van der Waals surface area contributed by atoms with Gasteiger partial charge in [-0.2, -0.15) is 0 Å². The first-order chi connectivity index (χ1) is 10.6. The molecule has 0 unspecified atom stereocenters. The van der Waals surface area contributed by atoms with Gasteiger partial charge in [-0.25, -0.2) is 8.78 Å². The van der Waals surface area contributed by atoms with E-state index in [0.717, 1.165) is 0 Å². The van der Waals surface area contributed by atoms with Gasteiger partial charge in [-0.1, -0.05) is 0 Å². The van der Waals surface area contributed by atoms with E-state index in [2.05, 4.69) is 0 Å². The van der Waals surface area contributed by atoms with Crippen LogP contribution in [-0.4, -0.2) is 82.7 Å². The number of ether oxygens (including phenoxy) is 2. The lowest BCUT2D eigenvalue weighted by atomic mass is 9.84. The van der Waals surface area contributed by atoms with Crippen molar-refractivity contribution in [1.29, 1.82) is 0 Å². The van der Waals surface area contributed by atoms with E-state index in [1.807, 2.05) is 0 Å². The molecule has 2 rings (SSSR count). The Bertz CT molecular complexity index is 417. The molecule has 0 spiro atoms.